The van der Waals surface area contributed by atoms with Crippen molar-refractivity contribution < 1.29 is 4.39 Å². The van der Waals surface area contributed by atoms with Gasteiger partial charge < -0.3 is 0 Å². The molecule has 1 aromatic rings. The Labute approximate surface area is 127 Å². The van der Waals surface area contributed by atoms with Crippen LogP contribution in [0.4, 0.5) is 4.39 Å². The monoisotopic (exact) mass is 290 g/mol. The van der Waals surface area contributed by atoms with Gasteiger partial charge in [-0.05, 0) is 36.5 Å². The molecule has 116 valence electrons. The summed E-state index contributed by atoms with van der Waals surface area (Å²) in [6.07, 6.45) is 5.62. The Bertz CT molecular complexity index is 437. The van der Waals surface area contributed by atoms with Gasteiger partial charge >= 0.3 is 0 Å². The predicted octanol–water partition coefficient (Wildman–Crippen LogP) is 3.52. The summed E-state index contributed by atoms with van der Waals surface area (Å²) in [7, 11) is 0. The van der Waals surface area contributed by atoms with Gasteiger partial charge in [0.15, 0.2) is 0 Å². The molecule has 3 rings (SSSR count). The smallest absolute Gasteiger partial charge is 0.123 e. The third kappa shape index (κ3) is 3.83. The first-order valence-electron chi connectivity index (χ1n) is 8.43. The van der Waals surface area contributed by atoms with E-state index in [1.54, 1.807) is 12.1 Å². The number of rotatable bonds is 3. The van der Waals surface area contributed by atoms with Crippen LogP contribution < -0.4 is 0 Å². The van der Waals surface area contributed by atoms with E-state index in [-0.39, 0.29) is 5.82 Å². The molecule has 0 bridgehead atoms. The molecule has 0 radical (unpaired) electrons. The molecule has 1 aliphatic carbocycles. The topological polar surface area (TPSA) is 6.48 Å². The minimum atomic E-state index is -0.144. The van der Waals surface area contributed by atoms with Crippen LogP contribution in [-0.2, 0) is 6.54 Å². The van der Waals surface area contributed by atoms with E-state index in [2.05, 4.69) is 16.7 Å². The maximum Gasteiger partial charge on any atom is 0.123 e. The number of hydrogen-bond donors (Lipinski definition) is 0. The molecular weight excluding hydrogens is 263 g/mol. The summed E-state index contributed by atoms with van der Waals surface area (Å²) in [5.74, 6) is 0.720. The van der Waals surface area contributed by atoms with Crippen LogP contribution in [0.25, 0.3) is 0 Å². The molecule has 1 aromatic carbocycles. The number of piperazine rings is 1. The van der Waals surface area contributed by atoms with Crippen molar-refractivity contribution in [2.24, 2.45) is 5.92 Å². The lowest BCUT2D eigenvalue weighted by molar-refractivity contribution is 0.0518. The third-order valence-electron chi connectivity index (χ3n) is 5.26. The highest BCUT2D eigenvalue weighted by Gasteiger charge is 2.29. The van der Waals surface area contributed by atoms with E-state index in [4.69, 9.17) is 0 Å². The van der Waals surface area contributed by atoms with Gasteiger partial charge in [-0.2, -0.15) is 0 Å². The molecule has 2 unspecified atom stereocenters. The van der Waals surface area contributed by atoms with E-state index < -0.39 is 0 Å². The largest absolute Gasteiger partial charge is 0.298 e. The molecule has 1 saturated heterocycles. The standard InChI is InChI=1S/C18H27FN2/c1-15-4-2-3-5-18(15)21-12-10-20(11-13-21)14-16-6-8-17(19)9-7-16/h6-9,15,18H,2-5,10-14H2,1H3. The molecule has 2 atom stereocenters. The number of hydrogen-bond acceptors (Lipinski definition) is 2. The Hall–Kier alpha value is -0.930. The van der Waals surface area contributed by atoms with Crippen LogP contribution in [0.1, 0.15) is 38.2 Å². The minimum Gasteiger partial charge on any atom is -0.298 e. The zero-order chi connectivity index (χ0) is 14.7. The minimum absolute atomic E-state index is 0.144. The highest BCUT2D eigenvalue weighted by Crippen LogP contribution is 2.28. The Morgan fingerprint density at radius 3 is 2.33 bits per heavy atom. The molecule has 2 nitrogen and oxygen atoms in total. The molecule has 0 spiro atoms. The van der Waals surface area contributed by atoms with Gasteiger partial charge in [-0.3, -0.25) is 9.80 Å². The Balaban J connectivity index is 1.49. The maximum atomic E-state index is 12.9. The van der Waals surface area contributed by atoms with Crippen molar-refractivity contribution in [3.63, 3.8) is 0 Å². The summed E-state index contributed by atoms with van der Waals surface area (Å²) >= 11 is 0. The van der Waals surface area contributed by atoms with Crippen molar-refractivity contribution in [2.45, 2.75) is 45.2 Å². The van der Waals surface area contributed by atoms with Gasteiger partial charge in [0, 0.05) is 38.8 Å². The van der Waals surface area contributed by atoms with Crippen LogP contribution in [0.15, 0.2) is 24.3 Å². The van der Waals surface area contributed by atoms with E-state index >= 15 is 0 Å². The van der Waals surface area contributed by atoms with Gasteiger partial charge in [0.05, 0.1) is 0 Å². The van der Waals surface area contributed by atoms with E-state index in [1.807, 2.05) is 12.1 Å². The number of nitrogens with zero attached hydrogens (tertiary/aromatic N) is 2. The van der Waals surface area contributed by atoms with Crippen LogP contribution in [0.3, 0.4) is 0 Å². The molecule has 1 heterocycles. The molecule has 0 amide bonds. The Kier molecular flexibility index (Phi) is 4.91. The second-order valence-corrected chi connectivity index (χ2v) is 6.77. The lowest BCUT2D eigenvalue weighted by Gasteiger charge is -2.43. The van der Waals surface area contributed by atoms with Crippen molar-refractivity contribution in [3.8, 4) is 0 Å². The zero-order valence-corrected chi connectivity index (χ0v) is 13.1. The number of benzene rings is 1. The van der Waals surface area contributed by atoms with Gasteiger partial charge in [-0.1, -0.05) is 31.9 Å². The Morgan fingerprint density at radius 2 is 1.67 bits per heavy atom. The normalized spacial score (nSPS) is 28.7. The average molecular weight is 290 g/mol. The SMILES string of the molecule is CC1CCCCC1N1CCN(Cc2ccc(F)cc2)CC1. The fourth-order valence-electron chi connectivity index (χ4n) is 3.94. The van der Waals surface area contributed by atoms with E-state index in [0.29, 0.717) is 0 Å². The van der Waals surface area contributed by atoms with Gasteiger partial charge in [0.1, 0.15) is 5.82 Å². The van der Waals surface area contributed by atoms with Crippen LogP contribution in [-0.4, -0.2) is 42.0 Å². The van der Waals surface area contributed by atoms with E-state index in [1.165, 1.54) is 44.3 Å². The van der Waals surface area contributed by atoms with Crippen molar-refractivity contribution in [1.29, 1.82) is 0 Å². The highest BCUT2D eigenvalue weighted by molar-refractivity contribution is 5.16. The van der Waals surface area contributed by atoms with Crippen LogP contribution >= 0.6 is 0 Å². The van der Waals surface area contributed by atoms with Crippen molar-refractivity contribution in [1.82, 2.24) is 9.80 Å². The average Bonchev–Trinajstić information content (AvgIpc) is 2.51. The quantitative estimate of drug-likeness (QED) is 0.840. The predicted molar refractivity (Wildman–Crippen MR) is 84.7 cm³/mol. The zero-order valence-electron chi connectivity index (χ0n) is 13.1. The maximum absolute atomic E-state index is 12.9. The van der Waals surface area contributed by atoms with Gasteiger partial charge in [-0.15, -0.1) is 0 Å². The molecular formula is C18H27FN2. The van der Waals surface area contributed by atoms with Crippen LogP contribution in [0, 0.1) is 11.7 Å². The molecule has 1 aliphatic heterocycles. The first kappa shape index (κ1) is 15.0. The second-order valence-electron chi connectivity index (χ2n) is 6.77. The Morgan fingerprint density at radius 1 is 1.00 bits per heavy atom. The summed E-state index contributed by atoms with van der Waals surface area (Å²) in [6, 6.07) is 7.76. The molecule has 21 heavy (non-hydrogen) atoms. The molecule has 2 aliphatic rings. The van der Waals surface area contributed by atoms with Crippen molar-refractivity contribution in [2.75, 3.05) is 26.2 Å². The van der Waals surface area contributed by atoms with Crippen molar-refractivity contribution in [3.05, 3.63) is 35.6 Å². The summed E-state index contributed by atoms with van der Waals surface area (Å²) < 4.78 is 12.9. The fraction of sp³-hybridized carbons (Fsp3) is 0.667. The first-order chi connectivity index (χ1) is 10.2. The highest BCUT2D eigenvalue weighted by atomic mass is 19.1. The third-order valence-corrected chi connectivity index (χ3v) is 5.26. The lowest BCUT2D eigenvalue weighted by atomic mass is 9.84. The van der Waals surface area contributed by atoms with Gasteiger partial charge in [-0.25, -0.2) is 4.39 Å². The van der Waals surface area contributed by atoms with Gasteiger partial charge in [0.25, 0.3) is 0 Å². The lowest BCUT2D eigenvalue weighted by Crippen LogP contribution is -2.52. The summed E-state index contributed by atoms with van der Waals surface area (Å²) in [5, 5.41) is 0. The summed E-state index contributed by atoms with van der Waals surface area (Å²) in [6.45, 7) is 8.04. The van der Waals surface area contributed by atoms with Gasteiger partial charge in [0.2, 0.25) is 0 Å². The van der Waals surface area contributed by atoms with Crippen molar-refractivity contribution >= 4 is 0 Å². The first-order valence-corrected chi connectivity index (χ1v) is 8.43. The van der Waals surface area contributed by atoms with Crippen LogP contribution in [0.5, 0.6) is 0 Å². The molecule has 0 N–H and O–H groups in total. The molecule has 2 fully saturated rings. The number of halogens is 1. The van der Waals surface area contributed by atoms with Crippen LogP contribution in [0.2, 0.25) is 0 Å². The van der Waals surface area contributed by atoms with E-state index in [9.17, 15) is 4.39 Å². The second kappa shape index (κ2) is 6.89. The molecule has 0 aromatic heterocycles. The molecule has 1 saturated carbocycles. The van der Waals surface area contributed by atoms with E-state index in [0.717, 1.165) is 31.6 Å². The summed E-state index contributed by atoms with van der Waals surface area (Å²) in [4.78, 5) is 5.21. The summed E-state index contributed by atoms with van der Waals surface area (Å²) in [5.41, 5.74) is 1.22. The molecule has 3 heteroatoms. The fourth-order valence-corrected chi connectivity index (χ4v) is 3.94.